The van der Waals surface area contributed by atoms with Crippen molar-refractivity contribution in [1.29, 1.82) is 0 Å². The topological polar surface area (TPSA) is 109 Å². The molecule has 2 aliphatic rings. The minimum atomic E-state index is -3.48. The number of aryl methyl sites for hydroxylation is 1. The highest BCUT2D eigenvalue weighted by atomic mass is 32.2. The quantitative estimate of drug-likeness (QED) is 0.598. The monoisotopic (exact) mass is 344 g/mol. The average molecular weight is 344 g/mol. The van der Waals surface area contributed by atoms with E-state index >= 15 is 0 Å². The van der Waals surface area contributed by atoms with E-state index in [-0.39, 0.29) is 39.3 Å². The molecule has 0 aromatic heterocycles. The molecule has 0 saturated heterocycles. The standard InChI is InChI=1S/C17H12O6S/c1-7-6-9-12(8-4-5-24(22,23)17(7)8)16(21)14-11(19)3-2-10(18)13(14)15(9)20/h2-3,6,18-19H,4-5H2,1H3. The predicted molar refractivity (Wildman–Crippen MR) is 83.6 cm³/mol. The zero-order chi connectivity index (χ0) is 17.4. The van der Waals surface area contributed by atoms with Gasteiger partial charge in [0.2, 0.25) is 0 Å². The Balaban J connectivity index is 2.14. The number of carbonyl (C=O) groups excluding carboxylic acids is 2. The van der Waals surface area contributed by atoms with E-state index in [2.05, 4.69) is 0 Å². The first-order chi connectivity index (χ1) is 11.2. The van der Waals surface area contributed by atoms with Crippen LogP contribution in [0, 0.1) is 6.92 Å². The molecule has 0 spiro atoms. The molecule has 7 heteroatoms. The molecule has 0 fully saturated rings. The molecule has 1 aliphatic carbocycles. The number of fused-ring (bicyclic) bond motifs is 4. The number of phenolic OH excluding ortho intramolecular Hbond substituents is 2. The van der Waals surface area contributed by atoms with Crippen molar-refractivity contribution < 1.29 is 28.2 Å². The van der Waals surface area contributed by atoms with Crippen LogP contribution in [0.1, 0.15) is 43.0 Å². The molecular formula is C17H12O6S. The number of sulfone groups is 1. The smallest absolute Gasteiger partial charge is 0.198 e. The van der Waals surface area contributed by atoms with Gasteiger partial charge < -0.3 is 10.2 Å². The molecule has 0 bridgehead atoms. The van der Waals surface area contributed by atoms with E-state index < -0.39 is 32.9 Å². The van der Waals surface area contributed by atoms with Gasteiger partial charge in [0, 0.05) is 11.1 Å². The third-order valence-corrected chi connectivity index (χ3v) is 6.52. The van der Waals surface area contributed by atoms with Crippen molar-refractivity contribution in [1.82, 2.24) is 0 Å². The van der Waals surface area contributed by atoms with Crippen LogP contribution in [-0.2, 0) is 16.3 Å². The first-order valence-corrected chi connectivity index (χ1v) is 8.93. The van der Waals surface area contributed by atoms with Crippen molar-refractivity contribution >= 4 is 21.4 Å². The molecule has 1 aliphatic heterocycles. The summed E-state index contributed by atoms with van der Waals surface area (Å²) in [6.45, 7) is 1.58. The normalized spacial score (nSPS) is 17.4. The van der Waals surface area contributed by atoms with Crippen LogP contribution in [-0.4, -0.2) is 36.0 Å². The lowest BCUT2D eigenvalue weighted by atomic mass is 9.79. The maximum Gasteiger partial charge on any atom is 0.198 e. The van der Waals surface area contributed by atoms with Crippen LogP contribution in [0.25, 0.3) is 0 Å². The summed E-state index contributed by atoms with van der Waals surface area (Å²) < 4.78 is 24.5. The molecule has 6 nitrogen and oxygen atoms in total. The molecule has 24 heavy (non-hydrogen) atoms. The first-order valence-electron chi connectivity index (χ1n) is 7.27. The summed E-state index contributed by atoms with van der Waals surface area (Å²) in [7, 11) is -3.48. The second kappa shape index (κ2) is 4.45. The fourth-order valence-electron chi connectivity index (χ4n) is 3.62. The third kappa shape index (κ3) is 1.67. The number of ketones is 2. The molecule has 0 radical (unpaired) electrons. The summed E-state index contributed by atoms with van der Waals surface area (Å²) in [4.78, 5) is 25.8. The Morgan fingerprint density at radius 2 is 1.54 bits per heavy atom. The van der Waals surface area contributed by atoms with Crippen LogP contribution in [0.4, 0.5) is 0 Å². The summed E-state index contributed by atoms with van der Waals surface area (Å²) in [5.41, 5.74) is 0.314. The molecule has 122 valence electrons. The molecule has 2 aromatic rings. The van der Waals surface area contributed by atoms with Gasteiger partial charge in [0.25, 0.3) is 0 Å². The van der Waals surface area contributed by atoms with Crippen LogP contribution < -0.4 is 0 Å². The maximum atomic E-state index is 12.9. The van der Waals surface area contributed by atoms with Crippen LogP contribution in [0.5, 0.6) is 11.5 Å². The van der Waals surface area contributed by atoms with Gasteiger partial charge in [-0.05, 0) is 42.7 Å². The van der Waals surface area contributed by atoms with Gasteiger partial charge in [-0.2, -0.15) is 0 Å². The van der Waals surface area contributed by atoms with Gasteiger partial charge in [0.1, 0.15) is 11.5 Å². The lowest BCUT2D eigenvalue weighted by Gasteiger charge is -2.22. The van der Waals surface area contributed by atoms with Crippen molar-refractivity contribution in [2.45, 2.75) is 18.2 Å². The van der Waals surface area contributed by atoms with E-state index in [0.29, 0.717) is 11.1 Å². The van der Waals surface area contributed by atoms with E-state index in [1.54, 1.807) is 6.92 Å². The highest BCUT2D eigenvalue weighted by Crippen LogP contribution is 2.42. The molecule has 0 atom stereocenters. The largest absolute Gasteiger partial charge is 0.507 e. The minimum Gasteiger partial charge on any atom is -0.507 e. The van der Waals surface area contributed by atoms with Gasteiger partial charge in [-0.3, -0.25) is 9.59 Å². The van der Waals surface area contributed by atoms with E-state index in [9.17, 15) is 28.2 Å². The lowest BCUT2D eigenvalue weighted by Crippen LogP contribution is -2.23. The molecule has 0 amide bonds. The van der Waals surface area contributed by atoms with Crippen LogP contribution in [0.3, 0.4) is 0 Å². The number of benzene rings is 2. The Kier molecular flexibility index (Phi) is 2.76. The Morgan fingerprint density at radius 1 is 0.958 bits per heavy atom. The first kappa shape index (κ1) is 14.9. The minimum absolute atomic E-state index is 0.0232. The molecular weight excluding hydrogens is 332 g/mol. The second-order valence-electron chi connectivity index (χ2n) is 6.00. The van der Waals surface area contributed by atoms with Gasteiger partial charge in [0.05, 0.1) is 21.8 Å². The van der Waals surface area contributed by atoms with Crippen molar-refractivity contribution in [3.8, 4) is 11.5 Å². The van der Waals surface area contributed by atoms with Crippen LogP contribution >= 0.6 is 0 Å². The highest BCUT2D eigenvalue weighted by molar-refractivity contribution is 7.91. The predicted octanol–water partition coefficient (Wildman–Crippen LogP) is 1.51. The molecule has 1 heterocycles. The molecule has 2 N–H and O–H groups in total. The van der Waals surface area contributed by atoms with Gasteiger partial charge in [-0.25, -0.2) is 8.42 Å². The highest BCUT2D eigenvalue weighted by Gasteiger charge is 2.41. The average Bonchev–Trinajstić information content (AvgIpc) is 2.83. The zero-order valence-electron chi connectivity index (χ0n) is 12.6. The molecule has 0 unspecified atom stereocenters. The number of hydrogen-bond acceptors (Lipinski definition) is 6. The molecule has 4 rings (SSSR count). The zero-order valence-corrected chi connectivity index (χ0v) is 13.4. The van der Waals surface area contributed by atoms with Crippen molar-refractivity contribution in [3.05, 3.63) is 51.6 Å². The molecule has 0 saturated carbocycles. The lowest BCUT2D eigenvalue weighted by molar-refractivity contribution is 0.0973. The Morgan fingerprint density at radius 3 is 2.17 bits per heavy atom. The molecule has 2 aromatic carbocycles. The summed E-state index contributed by atoms with van der Waals surface area (Å²) in [6.07, 6.45) is 0.148. The van der Waals surface area contributed by atoms with E-state index in [0.717, 1.165) is 12.1 Å². The van der Waals surface area contributed by atoms with Crippen LogP contribution in [0.2, 0.25) is 0 Å². The summed E-state index contributed by atoms with van der Waals surface area (Å²) in [5.74, 6) is -2.15. The fourth-order valence-corrected chi connectivity index (χ4v) is 5.42. The second-order valence-corrected chi connectivity index (χ2v) is 8.05. The summed E-state index contributed by atoms with van der Waals surface area (Å²) in [5, 5.41) is 20.0. The van der Waals surface area contributed by atoms with Gasteiger partial charge in [-0.1, -0.05) is 0 Å². The van der Waals surface area contributed by atoms with E-state index in [1.165, 1.54) is 6.07 Å². The van der Waals surface area contributed by atoms with Crippen LogP contribution in [0.15, 0.2) is 23.1 Å². The Labute approximate surface area is 137 Å². The number of aromatic hydroxyl groups is 2. The Bertz CT molecular complexity index is 1080. The Hall–Kier alpha value is -2.67. The third-order valence-electron chi connectivity index (χ3n) is 4.58. The summed E-state index contributed by atoms with van der Waals surface area (Å²) in [6, 6.07) is 3.66. The summed E-state index contributed by atoms with van der Waals surface area (Å²) >= 11 is 0. The van der Waals surface area contributed by atoms with Crippen molar-refractivity contribution in [2.75, 3.05) is 5.75 Å². The number of carbonyl (C=O) groups is 2. The van der Waals surface area contributed by atoms with Crippen molar-refractivity contribution in [3.63, 3.8) is 0 Å². The van der Waals surface area contributed by atoms with Gasteiger partial charge in [-0.15, -0.1) is 0 Å². The number of rotatable bonds is 0. The maximum absolute atomic E-state index is 12.9. The fraction of sp³-hybridized carbons (Fsp3) is 0.176. The van der Waals surface area contributed by atoms with Crippen molar-refractivity contribution in [2.24, 2.45) is 0 Å². The SMILES string of the molecule is Cc1cc2c(c3c1S(=O)(=O)CC3)C(=O)c1c(O)ccc(O)c1C2=O. The number of phenols is 2. The number of hydrogen-bond donors (Lipinski definition) is 2. The van der Waals surface area contributed by atoms with E-state index in [1.807, 2.05) is 0 Å². The van der Waals surface area contributed by atoms with Gasteiger partial charge >= 0.3 is 0 Å². The van der Waals surface area contributed by atoms with E-state index in [4.69, 9.17) is 0 Å². The van der Waals surface area contributed by atoms with Gasteiger partial charge in [0.15, 0.2) is 21.4 Å².